The van der Waals surface area contributed by atoms with Crippen molar-refractivity contribution >= 4 is 38.5 Å². The van der Waals surface area contributed by atoms with Gasteiger partial charge in [-0.25, -0.2) is 0 Å². The summed E-state index contributed by atoms with van der Waals surface area (Å²) >= 11 is 0. The van der Waals surface area contributed by atoms with Crippen molar-refractivity contribution in [3.8, 4) is 11.4 Å². The van der Waals surface area contributed by atoms with Gasteiger partial charge in [-0.3, -0.25) is 14.2 Å². The Morgan fingerprint density at radius 3 is 2.06 bits per heavy atom. The van der Waals surface area contributed by atoms with E-state index in [0.29, 0.717) is 5.39 Å². The van der Waals surface area contributed by atoms with E-state index in [2.05, 4.69) is 0 Å². The molecule has 183 valence electrons. The van der Waals surface area contributed by atoms with Crippen molar-refractivity contribution in [1.29, 1.82) is 0 Å². The van der Waals surface area contributed by atoms with Crippen LogP contribution in [-0.4, -0.2) is 37.2 Å². The van der Waals surface area contributed by atoms with Gasteiger partial charge >= 0.3 is 6.18 Å². The molecule has 7 nitrogen and oxygen atoms in total. The zero-order valence-electron chi connectivity index (χ0n) is 18.0. The molecule has 1 radical (unpaired) electrons. The van der Waals surface area contributed by atoms with Crippen LogP contribution in [0.1, 0.15) is 10.4 Å². The first-order chi connectivity index (χ1) is 15.2. The number of carbonyl (C=O) groups is 1. The van der Waals surface area contributed by atoms with Crippen LogP contribution in [0.4, 0.5) is 13.2 Å². The third-order valence-corrected chi connectivity index (χ3v) is 5.68. The van der Waals surface area contributed by atoms with E-state index in [1.54, 1.807) is 36.4 Å². The van der Waals surface area contributed by atoms with Gasteiger partial charge in [0.15, 0.2) is 0 Å². The van der Waals surface area contributed by atoms with Crippen LogP contribution >= 0.6 is 0 Å². The van der Waals surface area contributed by atoms with E-state index < -0.39 is 28.8 Å². The van der Waals surface area contributed by atoms with Crippen molar-refractivity contribution < 1.29 is 83.4 Å². The number of fused-ring (bicyclic) bond motifs is 4. The Morgan fingerprint density at radius 1 is 0.829 bits per heavy atom. The zero-order chi connectivity index (χ0) is 22.8. The number of hydrogen-bond donors (Lipinski definition) is 1. The van der Waals surface area contributed by atoms with Gasteiger partial charge in [-0.15, -0.1) is 0 Å². The summed E-state index contributed by atoms with van der Waals surface area (Å²) in [5, 5.41) is 12.2. The molecule has 5 aromatic rings. The normalized spacial score (nSPS) is 11.1. The fourth-order valence-corrected chi connectivity index (χ4v) is 4.21. The predicted molar refractivity (Wildman–Crippen MR) is 123 cm³/mol. The Kier molecular flexibility index (Phi) is 8.35. The number of ketones is 1. The van der Waals surface area contributed by atoms with Crippen molar-refractivity contribution in [3.63, 3.8) is 0 Å². The molecule has 0 unspecified atom stereocenters. The second-order valence-electron chi connectivity index (χ2n) is 7.49. The van der Waals surface area contributed by atoms with Gasteiger partial charge in [-0.05, 0) is 30.3 Å². The number of halogens is 3. The molecule has 0 saturated heterocycles. The average Bonchev–Trinajstić information content (AvgIpc) is 3.05. The standard InChI is InChI=1S/C24H15F3N2O3.Eu.2H2O/c1-28-17-10-6-5-9-14(17)15-11-16-19(12-18(15)28)29(13-7-3-2-4-8-13)23(32)20(21(16)30)22(31)24(25,26)27;;;/h2-12,30H,1H3;;2*1H2. The Morgan fingerprint density at radius 2 is 1.43 bits per heavy atom. The average molecular weight is 624 g/mol. The topological polar surface area (TPSA) is 127 Å². The minimum atomic E-state index is -5.32. The van der Waals surface area contributed by atoms with Crippen LogP contribution in [-0.2, 0) is 7.05 Å². The smallest absolute Gasteiger partial charge is 0.455 e. The second-order valence-corrected chi connectivity index (χ2v) is 7.49. The van der Waals surface area contributed by atoms with Crippen LogP contribution in [0.3, 0.4) is 0 Å². The number of nitrogens with zero attached hydrogens (tertiary/aromatic N) is 2. The third kappa shape index (κ3) is 4.43. The van der Waals surface area contributed by atoms with E-state index in [-0.39, 0.29) is 76.9 Å². The summed E-state index contributed by atoms with van der Waals surface area (Å²) in [6.07, 6.45) is -5.32. The maximum Gasteiger partial charge on any atom is 0.455 e. The number of Topliss-reactive ketones (excluding diaryl/α,β-unsaturated/α-hetero) is 1. The van der Waals surface area contributed by atoms with E-state index in [1.807, 2.05) is 35.9 Å². The molecule has 11 heteroatoms. The number of alkyl halides is 3. The van der Waals surface area contributed by atoms with Crippen LogP contribution in [0, 0.1) is 49.4 Å². The SMILES string of the molecule is Cn1c2ccccc2c2cc3c(O)c(C(=O)C(F)(F)F)c(=O)n(-c4ccccc4)c3cc21.O.O.[Eu]. The van der Waals surface area contributed by atoms with Crippen LogP contribution in [0.25, 0.3) is 38.4 Å². The number of hydrogen-bond acceptors (Lipinski definition) is 3. The predicted octanol–water partition coefficient (Wildman–Crippen LogP) is 3.44. The van der Waals surface area contributed by atoms with E-state index in [9.17, 15) is 27.9 Å². The molecule has 2 heterocycles. The molecule has 35 heavy (non-hydrogen) atoms. The monoisotopic (exact) mass is 625 g/mol. The van der Waals surface area contributed by atoms with Crippen LogP contribution < -0.4 is 5.56 Å². The van der Waals surface area contributed by atoms with E-state index >= 15 is 0 Å². The maximum absolute atomic E-state index is 13.3. The van der Waals surface area contributed by atoms with Gasteiger partial charge < -0.3 is 20.6 Å². The molecule has 2 aromatic heterocycles. The molecule has 0 spiro atoms. The fourth-order valence-electron chi connectivity index (χ4n) is 4.21. The van der Waals surface area contributed by atoms with Gasteiger partial charge in [0.1, 0.15) is 11.3 Å². The fraction of sp³-hybridized carbons (Fsp3) is 0.0833. The van der Waals surface area contributed by atoms with Crippen molar-refractivity contribution in [2.24, 2.45) is 7.05 Å². The van der Waals surface area contributed by atoms with Crippen LogP contribution in [0.5, 0.6) is 5.75 Å². The molecule has 5 N–H and O–H groups in total. The van der Waals surface area contributed by atoms with Crippen LogP contribution in [0.2, 0.25) is 0 Å². The Balaban J connectivity index is 0.00000144. The third-order valence-electron chi connectivity index (χ3n) is 5.68. The molecule has 0 atom stereocenters. The molecular formula is C24H19EuF3N2O5. The largest absolute Gasteiger partial charge is 0.506 e. The first-order valence-corrected chi connectivity index (χ1v) is 9.66. The molecule has 0 amide bonds. The molecular weight excluding hydrogens is 605 g/mol. The summed E-state index contributed by atoms with van der Waals surface area (Å²) in [5.74, 6) is -3.36. The van der Waals surface area contributed by atoms with Crippen molar-refractivity contribution in [3.05, 3.63) is 82.6 Å². The Labute approximate surface area is 236 Å². The number of para-hydroxylation sites is 2. The molecule has 0 aliphatic heterocycles. The molecule has 0 fully saturated rings. The molecule has 0 bridgehead atoms. The Hall–Kier alpha value is -2.57. The summed E-state index contributed by atoms with van der Waals surface area (Å²) in [7, 11) is 1.84. The first kappa shape index (κ1) is 28.7. The van der Waals surface area contributed by atoms with Gasteiger partial charge in [0.05, 0.1) is 11.0 Å². The summed E-state index contributed by atoms with van der Waals surface area (Å²) in [6.45, 7) is 0. The molecule has 0 aliphatic carbocycles. The quantitative estimate of drug-likeness (QED) is 0.303. The zero-order valence-corrected chi connectivity index (χ0v) is 20.4. The van der Waals surface area contributed by atoms with E-state index in [1.165, 1.54) is 6.07 Å². The number of carbonyl (C=O) groups excluding carboxylic acids is 1. The minimum absolute atomic E-state index is 0. The molecule has 0 aliphatic rings. The number of benzene rings is 3. The maximum atomic E-state index is 13.3. The molecule has 3 aromatic carbocycles. The summed E-state index contributed by atoms with van der Waals surface area (Å²) < 4.78 is 42.8. The summed E-state index contributed by atoms with van der Waals surface area (Å²) in [4.78, 5) is 25.3. The summed E-state index contributed by atoms with van der Waals surface area (Å²) in [5.41, 5.74) is -0.475. The minimum Gasteiger partial charge on any atom is -0.506 e. The van der Waals surface area contributed by atoms with Gasteiger partial charge in [0, 0.05) is 83.8 Å². The number of pyridine rings is 1. The molecule has 0 saturated carbocycles. The van der Waals surface area contributed by atoms with Crippen molar-refractivity contribution in [1.82, 2.24) is 9.13 Å². The second kappa shape index (κ2) is 10.2. The van der Waals surface area contributed by atoms with Gasteiger partial charge in [0.25, 0.3) is 11.3 Å². The Bertz CT molecular complexity index is 1630. The summed E-state index contributed by atoms with van der Waals surface area (Å²) in [6, 6.07) is 18.6. The number of rotatable bonds is 2. The first-order valence-electron chi connectivity index (χ1n) is 9.66. The molecule has 5 rings (SSSR count). The van der Waals surface area contributed by atoms with Gasteiger partial charge in [-0.1, -0.05) is 36.4 Å². The number of aryl methyl sites for hydroxylation is 1. The van der Waals surface area contributed by atoms with E-state index in [4.69, 9.17) is 0 Å². The van der Waals surface area contributed by atoms with Crippen LogP contribution in [0.15, 0.2) is 71.5 Å². The number of aromatic hydroxyl groups is 1. The van der Waals surface area contributed by atoms with Crippen molar-refractivity contribution in [2.45, 2.75) is 6.18 Å². The van der Waals surface area contributed by atoms with Gasteiger partial charge in [-0.2, -0.15) is 13.2 Å². The van der Waals surface area contributed by atoms with E-state index in [0.717, 1.165) is 21.0 Å². The van der Waals surface area contributed by atoms with Gasteiger partial charge in [0.2, 0.25) is 0 Å². The number of aromatic nitrogens is 2. The van der Waals surface area contributed by atoms with Crippen molar-refractivity contribution in [2.75, 3.05) is 0 Å².